The molecular formula is C20H19F2N7O. The van der Waals surface area contributed by atoms with Crippen LogP contribution in [0.25, 0.3) is 5.52 Å². The van der Waals surface area contributed by atoms with Gasteiger partial charge in [0.25, 0.3) is 5.89 Å². The van der Waals surface area contributed by atoms with Gasteiger partial charge in [0.2, 0.25) is 0 Å². The van der Waals surface area contributed by atoms with E-state index in [1.54, 1.807) is 6.33 Å². The monoisotopic (exact) mass is 411 g/mol. The number of H-pyrrole nitrogens is 1. The number of imidazole rings is 1. The molecule has 4 aromatic rings. The van der Waals surface area contributed by atoms with Crippen LogP contribution in [0.2, 0.25) is 0 Å². The lowest BCUT2D eigenvalue weighted by Crippen LogP contribution is -2.37. The fraction of sp³-hybridized carbons (Fsp3) is 0.400. The van der Waals surface area contributed by atoms with E-state index in [1.165, 1.54) is 0 Å². The van der Waals surface area contributed by atoms with Crippen molar-refractivity contribution in [2.45, 2.75) is 38.2 Å². The smallest absolute Gasteiger partial charge is 0.326 e. The van der Waals surface area contributed by atoms with Crippen LogP contribution in [0.4, 0.5) is 14.8 Å². The maximum atomic E-state index is 14.5. The van der Waals surface area contributed by atoms with Crippen LogP contribution in [0.1, 0.15) is 47.4 Å². The number of aromatic nitrogens is 6. The second kappa shape index (κ2) is 6.10. The highest BCUT2D eigenvalue weighted by molar-refractivity contribution is 5.57. The third-order valence-electron chi connectivity index (χ3n) is 5.97. The Morgan fingerprint density at radius 3 is 2.93 bits per heavy atom. The van der Waals surface area contributed by atoms with Gasteiger partial charge in [0.15, 0.2) is 0 Å². The number of aryl methyl sites for hydroxylation is 1. The maximum Gasteiger partial charge on any atom is 0.326 e. The van der Waals surface area contributed by atoms with E-state index in [0.29, 0.717) is 25.8 Å². The number of hydrogen-bond acceptors (Lipinski definition) is 6. The molecule has 0 radical (unpaired) electrons. The van der Waals surface area contributed by atoms with Crippen LogP contribution in [-0.4, -0.2) is 36.3 Å². The van der Waals surface area contributed by atoms with Crippen LogP contribution >= 0.6 is 0 Å². The van der Waals surface area contributed by atoms with Crippen LogP contribution < -0.4 is 4.90 Å². The summed E-state index contributed by atoms with van der Waals surface area (Å²) in [5.74, 6) is -4.41. The van der Waals surface area contributed by atoms with Crippen molar-refractivity contribution in [3.8, 4) is 0 Å². The second-order valence-electron chi connectivity index (χ2n) is 7.99. The number of anilines is 1. The molecule has 0 spiro atoms. The summed E-state index contributed by atoms with van der Waals surface area (Å²) < 4.78 is 36.3. The molecule has 154 valence electrons. The summed E-state index contributed by atoms with van der Waals surface area (Å²) in [6.45, 7) is 2.53. The Labute approximate surface area is 169 Å². The Balaban J connectivity index is 1.45. The van der Waals surface area contributed by atoms with Gasteiger partial charge in [0.1, 0.15) is 6.04 Å². The van der Waals surface area contributed by atoms with Crippen molar-refractivity contribution in [2.75, 3.05) is 11.4 Å². The van der Waals surface area contributed by atoms with Crippen LogP contribution in [0.3, 0.4) is 0 Å². The van der Waals surface area contributed by atoms with Gasteiger partial charge in [-0.2, -0.15) is 13.9 Å². The van der Waals surface area contributed by atoms with Crippen molar-refractivity contribution in [1.82, 2.24) is 29.8 Å². The van der Waals surface area contributed by atoms with E-state index < -0.39 is 23.8 Å². The quantitative estimate of drug-likeness (QED) is 0.554. The molecule has 6 rings (SSSR count). The zero-order chi connectivity index (χ0) is 20.5. The van der Waals surface area contributed by atoms with Gasteiger partial charge >= 0.3 is 11.9 Å². The molecule has 0 amide bonds. The molecule has 0 saturated heterocycles. The second-order valence-corrected chi connectivity index (χ2v) is 7.99. The molecular weight excluding hydrogens is 392 g/mol. The molecule has 4 aromatic heterocycles. The van der Waals surface area contributed by atoms with Gasteiger partial charge in [-0.3, -0.25) is 0 Å². The average molecular weight is 411 g/mol. The van der Waals surface area contributed by atoms with Gasteiger partial charge in [-0.05, 0) is 37.5 Å². The predicted octanol–water partition coefficient (Wildman–Crippen LogP) is 3.40. The van der Waals surface area contributed by atoms with Gasteiger partial charge in [-0.25, -0.2) is 9.50 Å². The molecule has 1 atom stereocenters. The Bertz CT molecular complexity index is 1240. The number of hydrogen-bond donors (Lipinski definition) is 1. The molecule has 1 N–H and O–H groups in total. The summed E-state index contributed by atoms with van der Waals surface area (Å²) in [6.07, 6.45) is 5.14. The molecule has 2 aliphatic rings. The van der Waals surface area contributed by atoms with E-state index >= 15 is 0 Å². The van der Waals surface area contributed by atoms with Gasteiger partial charge < -0.3 is 14.3 Å². The van der Waals surface area contributed by atoms with E-state index in [1.807, 2.05) is 40.7 Å². The molecule has 1 fully saturated rings. The summed E-state index contributed by atoms with van der Waals surface area (Å²) in [5.41, 5.74) is 4.58. The van der Waals surface area contributed by atoms with Crippen LogP contribution in [0.5, 0.6) is 0 Å². The number of fused-ring (bicyclic) bond motifs is 2. The van der Waals surface area contributed by atoms with E-state index in [-0.39, 0.29) is 6.01 Å². The first-order chi connectivity index (χ1) is 14.5. The van der Waals surface area contributed by atoms with E-state index in [0.717, 1.165) is 28.2 Å². The van der Waals surface area contributed by atoms with Crippen LogP contribution in [-0.2, 0) is 12.3 Å². The summed E-state index contributed by atoms with van der Waals surface area (Å²) in [7, 11) is 0. The SMILES string of the molecule is Cc1cccn2nc([C@H]3c4nc[nH]c4CCN3c3nnc(C(F)(F)C4CC4)o3)cc12. The molecule has 5 heterocycles. The molecule has 8 nitrogen and oxygen atoms in total. The summed E-state index contributed by atoms with van der Waals surface area (Å²) >= 11 is 0. The topological polar surface area (TPSA) is 88.1 Å². The van der Waals surface area contributed by atoms with Crippen molar-refractivity contribution < 1.29 is 13.2 Å². The van der Waals surface area contributed by atoms with E-state index in [2.05, 4.69) is 20.2 Å². The lowest BCUT2D eigenvalue weighted by Gasteiger charge is -2.32. The zero-order valence-electron chi connectivity index (χ0n) is 16.2. The third kappa shape index (κ3) is 2.55. The molecule has 30 heavy (non-hydrogen) atoms. The van der Waals surface area contributed by atoms with Crippen molar-refractivity contribution in [2.24, 2.45) is 5.92 Å². The normalized spacial score (nSPS) is 19.4. The lowest BCUT2D eigenvalue weighted by molar-refractivity contribution is -0.0535. The number of alkyl halides is 2. The first kappa shape index (κ1) is 17.5. The standard InChI is InChI=1S/C20H19F2N7O/c1-11-3-2-7-29-15(11)9-14(27-29)17-16-13(23-10-24-16)6-8-28(17)19-26-25-18(30-19)20(21,22)12-4-5-12/h2-3,7,9-10,12,17H,4-6,8H2,1H3,(H,23,24)/t17-/m0/s1. The largest absolute Gasteiger partial charge is 0.401 e. The lowest BCUT2D eigenvalue weighted by atomic mass is 10.00. The van der Waals surface area contributed by atoms with Gasteiger partial charge in [0.05, 0.1) is 23.2 Å². The minimum atomic E-state index is -3.09. The summed E-state index contributed by atoms with van der Waals surface area (Å²) in [5, 5.41) is 12.4. The molecule has 0 unspecified atom stereocenters. The molecule has 0 bridgehead atoms. The van der Waals surface area contributed by atoms with Crippen molar-refractivity contribution in [1.29, 1.82) is 0 Å². The Hall–Kier alpha value is -3.30. The Kier molecular flexibility index (Phi) is 3.57. The van der Waals surface area contributed by atoms with Crippen LogP contribution in [0, 0.1) is 12.8 Å². The molecule has 1 aliphatic heterocycles. The fourth-order valence-corrected chi connectivity index (χ4v) is 4.18. The number of rotatable bonds is 4. The van der Waals surface area contributed by atoms with E-state index in [9.17, 15) is 8.78 Å². The minimum Gasteiger partial charge on any atom is -0.401 e. The summed E-state index contributed by atoms with van der Waals surface area (Å²) in [4.78, 5) is 9.48. The molecule has 10 heteroatoms. The predicted molar refractivity (Wildman–Crippen MR) is 102 cm³/mol. The number of aromatic amines is 1. The first-order valence-electron chi connectivity index (χ1n) is 9.98. The van der Waals surface area contributed by atoms with Crippen molar-refractivity contribution in [3.05, 3.63) is 59.3 Å². The number of pyridine rings is 1. The van der Waals surface area contributed by atoms with Crippen molar-refractivity contribution >= 4 is 11.5 Å². The number of nitrogens with zero attached hydrogens (tertiary/aromatic N) is 6. The molecule has 1 aliphatic carbocycles. The maximum absolute atomic E-state index is 14.5. The summed E-state index contributed by atoms with van der Waals surface area (Å²) in [6, 6.07) is 5.60. The van der Waals surface area contributed by atoms with Crippen LogP contribution in [0.15, 0.2) is 35.1 Å². The highest BCUT2D eigenvalue weighted by Gasteiger charge is 2.52. The number of nitrogens with one attached hydrogen (secondary N) is 1. The molecule has 0 aromatic carbocycles. The fourth-order valence-electron chi connectivity index (χ4n) is 4.18. The highest BCUT2D eigenvalue weighted by atomic mass is 19.3. The Morgan fingerprint density at radius 2 is 2.13 bits per heavy atom. The molecule has 1 saturated carbocycles. The van der Waals surface area contributed by atoms with E-state index in [4.69, 9.17) is 9.52 Å². The van der Waals surface area contributed by atoms with Crippen molar-refractivity contribution in [3.63, 3.8) is 0 Å². The zero-order valence-corrected chi connectivity index (χ0v) is 16.2. The van der Waals surface area contributed by atoms with Gasteiger partial charge in [-0.15, -0.1) is 5.10 Å². The third-order valence-corrected chi connectivity index (χ3v) is 5.97. The van der Waals surface area contributed by atoms with Gasteiger partial charge in [0, 0.05) is 30.8 Å². The Morgan fingerprint density at radius 1 is 1.27 bits per heavy atom. The van der Waals surface area contributed by atoms with Gasteiger partial charge in [-0.1, -0.05) is 11.2 Å². The minimum absolute atomic E-state index is 0.0674. The average Bonchev–Trinajstić information content (AvgIpc) is 3.15. The highest BCUT2D eigenvalue weighted by Crippen LogP contribution is 2.49. The first-order valence-corrected chi connectivity index (χ1v) is 9.98. The number of halogens is 2.